The van der Waals surface area contributed by atoms with Crippen molar-refractivity contribution < 1.29 is 14.3 Å². The van der Waals surface area contributed by atoms with Gasteiger partial charge in [-0.3, -0.25) is 9.78 Å². The minimum absolute atomic E-state index is 0.0591. The number of nitrogens with zero attached hydrogens (tertiary/aromatic N) is 2. The Labute approximate surface area is 153 Å². The lowest BCUT2D eigenvalue weighted by Gasteiger charge is -2.39. The van der Waals surface area contributed by atoms with Gasteiger partial charge in [0.2, 0.25) is 0 Å². The van der Waals surface area contributed by atoms with Crippen molar-refractivity contribution in [2.75, 3.05) is 19.7 Å². The van der Waals surface area contributed by atoms with E-state index in [-0.39, 0.29) is 17.6 Å². The molecule has 2 saturated heterocycles. The third-order valence-corrected chi connectivity index (χ3v) is 5.22. The molecule has 0 N–H and O–H groups in total. The minimum Gasteiger partial charge on any atom is -0.370 e. The molecule has 4 rings (SSSR count). The molecule has 2 atom stereocenters. The third kappa shape index (κ3) is 3.79. The zero-order chi connectivity index (χ0) is 17.8. The van der Waals surface area contributed by atoms with Crippen LogP contribution in [0.15, 0.2) is 54.7 Å². The van der Waals surface area contributed by atoms with Crippen LogP contribution in [0, 0.1) is 0 Å². The van der Waals surface area contributed by atoms with Crippen molar-refractivity contribution >= 4 is 5.91 Å². The van der Waals surface area contributed by atoms with Crippen LogP contribution >= 0.6 is 0 Å². The maximum Gasteiger partial charge on any atom is 0.253 e. The van der Waals surface area contributed by atoms with Gasteiger partial charge in [-0.2, -0.15) is 0 Å². The minimum atomic E-state index is -0.266. The summed E-state index contributed by atoms with van der Waals surface area (Å²) < 4.78 is 12.2. The second-order valence-electron chi connectivity index (χ2n) is 7.15. The summed E-state index contributed by atoms with van der Waals surface area (Å²) in [5.74, 6) is 0.0890. The van der Waals surface area contributed by atoms with Crippen LogP contribution in [0.4, 0.5) is 0 Å². The Kier molecular flexibility index (Phi) is 5.00. The second kappa shape index (κ2) is 7.56. The lowest BCUT2D eigenvalue weighted by Crippen LogP contribution is -2.50. The summed E-state index contributed by atoms with van der Waals surface area (Å²) in [5.41, 5.74) is 1.40. The Morgan fingerprint density at radius 2 is 2.08 bits per heavy atom. The highest BCUT2D eigenvalue weighted by atomic mass is 16.6. The first-order valence-electron chi connectivity index (χ1n) is 9.24. The highest BCUT2D eigenvalue weighted by Gasteiger charge is 2.45. The molecule has 2 aliphatic rings. The highest BCUT2D eigenvalue weighted by molar-refractivity contribution is 5.94. The average Bonchev–Trinajstić information content (AvgIpc) is 3.09. The molecule has 3 heterocycles. The fourth-order valence-corrected chi connectivity index (χ4v) is 3.92. The average molecular weight is 352 g/mol. The quantitative estimate of drug-likeness (QED) is 0.849. The van der Waals surface area contributed by atoms with E-state index in [1.54, 1.807) is 6.20 Å². The lowest BCUT2D eigenvalue weighted by atomic mass is 9.89. The molecule has 136 valence electrons. The Balaban J connectivity index is 1.36. The van der Waals surface area contributed by atoms with Gasteiger partial charge < -0.3 is 14.4 Å². The summed E-state index contributed by atoms with van der Waals surface area (Å²) in [5, 5.41) is 0. The van der Waals surface area contributed by atoms with Crippen molar-refractivity contribution in [3.63, 3.8) is 0 Å². The number of ether oxygens (including phenoxy) is 2. The number of carbonyl (C=O) groups excluding carboxylic acids is 1. The molecule has 1 spiro atoms. The van der Waals surface area contributed by atoms with Crippen molar-refractivity contribution in [2.45, 2.75) is 37.6 Å². The smallest absolute Gasteiger partial charge is 0.253 e. The van der Waals surface area contributed by atoms with Crippen molar-refractivity contribution in [1.82, 2.24) is 9.88 Å². The molecular formula is C21H24N2O3. The normalized spacial score (nSPS) is 25.5. The summed E-state index contributed by atoms with van der Waals surface area (Å²) in [6, 6.07) is 15.3. The molecule has 1 amide bonds. The molecular weight excluding hydrogens is 328 g/mol. The Morgan fingerprint density at radius 3 is 2.88 bits per heavy atom. The number of hydrogen-bond donors (Lipinski definition) is 0. The van der Waals surface area contributed by atoms with E-state index in [2.05, 4.69) is 4.98 Å². The Morgan fingerprint density at radius 1 is 1.23 bits per heavy atom. The molecule has 0 unspecified atom stereocenters. The fraction of sp³-hybridized carbons (Fsp3) is 0.429. The number of benzene rings is 1. The molecule has 0 saturated carbocycles. The fourth-order valence-electron chi connectivity index (χ4n) is 3.92. The van der Waals surface area contributed by atoms with Gasteiger partial charge in [0.05, 0.1) is 37.2 Å². The van der Waals surface area contributed by atoms with Crippen molar-refractivity contribution in [3.05, 3.63) is 66.0 Å². The van der Waals surface area contributed by atoms with E-state index >= 15 is 0 Å². The van der Waals surface area contributed by atoms with Gasteiger partial charge in [-0.1, -0.05) is 24.3 Å². The molecule has 0 bridgehead atoms. The standard InChI is InChI=1S/C21H24N2O3/c24-20(17-7-2-1-3-8-17)23-12-6-10-21(16-23)13-19(15-26-21)25-14-18-9-4-5-11-22-18/h1-5,7-9,11,19H,6,10,12-16H2/t19-,21+/m1/s1. The van der Waals surface area contributed by atoms with Crippen LogP contribution in [0.2, 0.25) is 0 Å². The molecule has 1 aromatic heterocycles. The number of piperidine rings is 1. The van der Waals surface area contributed by atoms with Crippen LogP contribution in [-0.2, 0) is 16.1 Å². The summed E-state index contributed by atoms with van der Waals surface area (Å²) >= 11 is 0. The van der Waals surface area contributed by atoms with Crippen LogP contribution in [-0.4, -0.2) is 47.2 Å². The number of aromatic nitrogens is 1. The molecule has 5 heteroatoms. The summed E-state index contributed by atoms with van der Waals surface area (Å²) in [6.45, 7) is 2.51. The summed E-state index contributed by atoms with van der Waals surface area (Å²) in [6.07, 6.45) is 4.61. The number of carbonyl (C=O) groups is 1. The maximum atomic E-state index is 12.8. The Hall–Kier alpha value is -2.24. The number of amides is 1. The van der Waals surface area contributed by atoms with E-state index < -0.39 is 0 Å². The van der Waals surface area contributed by atoms with Gasteiger partial charge in [-0.25, -0.2) is 0 Å². The second-order valence-corrected chi connectivity index (χ2v) is 7.15. The molecule has 1 aromatic carbocycles. The monoisotopic (exact) mass is 352 g/mol. The van der Waals surface area contributed by atoms with E-state index in [0.29, 0.717) is 19.8 Å². The van der Waals surface area contributed by atoms with E-state index in [1.165, 1.54) is 0 Å². The van der Waals surface area contributed by atoms with Crippen molar-refractivity contribution in [3.8, 4) is 0 Å². The van der Waals surface area contributed by atoms with Gasteiger partial charge in [0, 0.05) is 24.7 Å². The summed E-state index contributed by atoms with van der Waals surface area (Å²) in [4.78, 5) is 19.0. The maximum absolute atomic E-state index is 12.8. The number of rotatable bonds is 4. The highest BCUT2D eigenvalue weighted by Crippen LogP contribution is 2.36. The van der Waals surface area contributed by atoms with Crippen LogP contribution in [0.25, 0.3) is 0 Å². The first-order valence-corrected chi connectivity index (χ1v) is 9.24. The molecule has 0 aliphatic carbocycles. The van der Waals surface area contributed by atoms with Gasteiger partial charge in [0.15, 0.2) is 0 Å². The molecule has 5 nitrogen and oxygen atoms in total. The lowest BCUT2D eigenvalue weighted by molar-refractivity contribution is -0.0466. The molecule has 26 heavy (non-hydrogen) atoms. The van der Waals surface area contributed by atoms with Gasteiger partial charge in [0.1, 0.15) is 0 Å². The zero-order valence-corrected chi connectivity index (χ0v) is 14.8. The van der Waals surface area contributed by atoms with Gasteiger partial charge in [-0.05, 0) is 37.1 Å². The number of pyridine rings is 1. The van der Waals surface area contributed by atoms with E-state index in [4.69, 9.17) is 9.47 Å². The Bertz CT molecular complexity index is 737. The third-order valence-electron chi connectivity index (χ3n) is 5.22. The van der Waals surface area contributed by atoms with Gasteiger partial charge in [-0.15, -0.1) is 0 Å². The summed E-state index contributed by atoms with van der Waals surface area (Å²) in [7, 11) is 0. The van der Waals surface area contributed by atoms with Crippen LogP contribution in [0.5, 0.6) is 0 Å². The molecule has 2 aliphatic heterocycles. The van der Waals surface area contributed by atoms with Crippen LogP contribution in [0.1, 0.15) is 35.3 Å². The van der Waals surface area contributed by atoms with Crippen molar-refractivity contribution in [2.24, 2.45) is 0 Å². The van der Waals surface area contributed by atoms with E-state index in [1.807, 2.05) is 53.4 Å². The first kappa shape index (κ1) is 17.2. The van der Waals surface area contributed by atoms with Crippen LogP contribution < -0.4 is 0 Å². The molecule has 2 fully saturated rings. The van der Waals surface area contributed by atoms with Gasteiger partial charge >= 0.3 is 0 Å². The molecule has 2 aromatic rings. The number of likely N-dealkylation sites (tertiary alicyclic amines) is 1. The largest absolute Gasteiger partial charge is 0.370 e. The predicted molar refractivity (Wildman–Crippen MR) is 97.7 cm³/mol. The topological polar surface area (TPSA) is 51.7 Å². The van der Waals surface area contributed by atoms with Crippen LogP contribution in [0.3, 0.4) is 0 Å². The van der Waals surface area contributed by atoms with E-state index in [9.17, 15) is 4.79 Å². The predicted octanol–water partition coefficient (Wildman–Crippen LogP) is 3.06. The zero-order valence-electron chi connectivity index (χ0n) is 14.8. The molecule has 0 radical (unpaired) electrons. The first-order chi connectivity index (χ1) is 12.7. The number of hydrogen-bond acceptors (Lipinski definition) is 4. The van der Waals surface area contributed by atoms with Crippen molar-refractivity contribution in [1.29, 1.82) is 0 Å². The van der Waals surface area contributed by atoms with E-state index in [0.717, 1.165) is 37.1 Å². The van der Waals surface area contributed by atoms with Gasteiger partial charge in [0.25, 0.3) is 5.91 Å². The SMILES string of the molecule is O=C(c1ccccc1)N1CCC[C@]2(C[C@@H](OCc3ccccn3)CO2)C1.